The molecule has 3 aromatic heterocycles. The minimum atomic E-state index is -0.817. The first-order valence-electron chi connectivity index (χ1n) is 21.4. The fourth-order valence-electron chi connectivity index (χ4n) is 9.62. The van der Waals surface area contributed by atoms with E-state index in [0.717, 1.165) is 94.5 Å². The van der Waals surface area contributed by atoms with Crippen molar-refractivity contribution in [3.8, 4) is 22.5 Å². The Kier molecular flexibility index (Phi) is 10.6. The number of likely N-dealkylation sites (N-methyl/N-ethyl adjacent to an activating group) is 1. The maximum Gasteiger partial charge on any atom is 0.325 e. The molecule has 0 spiro atoms. The fraction of sp³-hybridized carbons (Fsp3) is 0.578. The van der Waals surface area contributed by atoms with Gasteiger partial charge in [-0.15, -0.1) is 11.3 Å². The van der Waals surface area contributed by atoms with Crippen LogP contribution >= 0.6 is 11.3 Å². The molecular formula is C45H58N8O5S. The van der Waals surface area contributed by atoms with Gasteiger partial charge in [-0.3, -0.25) is 24.4 Å². The molecule has 2 N–H and O–H groups in total. The predicted octanol–water partition coefficient (Wildman–Crippen LogP) is 5.61. The second kappa shape index (κ2) is 15.6. The van der Waals surface area contributed by atoms with E-state index < -0.39 is 17.5 Å². The fourth-order valence-corrected chi connectivity index (χ4v) is 10.5. The van der Waals surface area contributed by atoms with Gasteiger partial charge in [0.05, 0.1) is 46.7 Å². The number of nitrogens with one attached hydrogen (secondary N) is 2. The molecule has 13 nitrogen and oxygen atoms in total. The minimum Gasteiger partial charge on any atom is -0.464 e. The average molecular weight is 823 g/mol. The number of amides is 2. The quantitative estimate of drug-likeness (QED) is 0.227. The van der Waals surface area contributed by atoms with Crippen molar-refractivity contribution in [2.45, 2.75) is 97.5 Å². The van der Waals surface area contributed by atoms with Crippen LogP contribution in [0.15, 0.2) is 35.8 Å². The average Bonchev–Trinajstić information content (AvgIpc) is 3.64. The Labute approximate surface area is 350 Å². The third-order valence-electron chi connectivity index (χ3n) is 13.6. The summed E-state index contributed by atoms with van der Waals surface area (Å²) in [6, 6.07) is 7.37. The lowest BCUT2D eigenvalue weighted by Crippen LogP contribution is -2.71. The van der Waals surface area contributed by atoms with Crippen molar-refractivity contribution in [2.75, 3.05) is 51.8 Å². The summed E-state index contributed by atoms with van der Waals surface area (Å²) in [5.74, 6) is -0.389. The number of piperazine rings is 1. The van der Waals surface area contributed by atoms with Gasteiger partial charge in [-0.2, -0.15) is 0 Å². The van der Waals surface area contributed by atoms with Crippen molar-refractivity contribution in [3.63, 3.8) is 0 Å². The van der Waals surface area contributed by atoms with E-state index in [4.69, 9.17) is 19.4 Å². The van der Waals surface area contributed by atoms with Gasteiger partial charge in [-0.25, -0.2) is 10.4 Å². The van der Waals surface area contributed by atoms with E-state index in [1.807, 2.05) is 6.20 Å². The molecule has 10 rings (SSSR count). The zero-order valence-electron chi connectivity index (χ0n) is 35.4. The van der Waals surface area contributed by atoms with E-state index in [9.17, 15) is 14.4 Å². The Bertz CT molecular complexity index is 2270. The number of aromatic nitrogens is 3. The lowest BCUT2D eigenvalue weighted by Gasteiger charge is -2.53. The topological polar surface area (TPSA) is 134 Å². The van der Waals surface area contributed by atoms with E-state index in [2.05, 4.69) is 96.4 Å². The van der Waals surface area contributed by atoms with Gasteiger partial charge in [-0.05, 0) is 82.2 Å². The van der Waals surface area contributed by atoms with Gasteiger partial charge in [0.15, 0.2) is 0 Å². The number of carbonyl (C=O) groups is 3. The van der Waals surface area contributed by atoms with Gasteiger partial charge < -0.3 is 29.2 Å². The molecule has 5 fully saturated rings. The number of rotatable bonds is 7. The van der Waals surface area contributed by atoms with Crippen LogP contribution in [0.25, 0.3) is 33.4 Å². The van der Waals surface area contributed by atoms with Gasteiger partial charge in [0.25, 0.3) is 5.91 Å². The van der Waals surface area contributed by atoms with Crippen LogP contribution in [-0.4, -0.2) is 107 Å². The number of benzene rings is 1. The number of hydrogen-bond donors (Lipinski definition) is 2. The largest absolute Gasteiger partial charge is 0.464 e. The maximum absolute atomic E-state index is 14.4. The number of nitrogens with zero attached hydrogens (tertiary/aromatic N) is 6. The van der Waals surface area contributed by atoms with Crippen LogP contribution in [0.5, 0.6) is 0 Å². The van der Waals surface area contributed by atoms with E-state index in [1.165, 1.54) is 11.3 Å². The highest BCUT2D eigenvalue weighted by atomic mass is 32.1. The van der Waals surface area contributed by atoms with Crippen LogP contribution in [-0.2, 0) is 43.2 Å². The van der Waals surface area contributed by atoms with E-state index in [0.29, 0.717) is 25.2 Å². The molecular weight excluding hydrogens is 765 g/mol. The Balaban J connectivity index is 1.17. The van der Waals surface area contributed by atoms with Gasteiger partial charge in [0.2, 0.25) is 5.91 Å². The van der Waals surface area contributed by atoms with Crippen molar-refractivity contribution in [1.82, 2.24) is 35.2 Å². The van der Waals surface area contributed by atoms with E-state index >= 15 is 0 Å². The summed E-state index contributed by atoms with van der Waals surface area (Å²) in [5.41, 5.74) is 11.0. The van der Waals surface area contributed by atoms with Gasteiger partial charge in [0.1, 0.15) is 12.1 Å². The van der Waals surface area contributed by atoms with Crippen LogP contribution in [0.4, 0.5) is 5.69 Å². The number of aryl methyl sites for hydroxylation is 1. The Hall–Kier alpha value is -4.37. The number of esters is 1. The number of fused-ring (bicyclic) bond motifs is 4. The van der Waals surface area contributed by atoms with Gasteiger partial charge >= 0.3 is 5.97 Å². The molecule has 7 heterocycles. The number of pyridine rings is 1. The number of hydrogen-bond acceptors (Lipinski definition) is 11. The summed E-state index contributed by atoms with van der Waals surface area (Å²) < 4.78 is 14.6. The van der Waals surface area contributed by atoms with Crippen LogP contribution in [0.1, 0.15) is 76.3 Å². The molecule has 5 atom stereocenters. The van der Waals surface area contributed by atoms with Crippen molar-refractivity contribution >= 4 is 45.7 Å². The number of cyclic esters (lactones) is 1. The number of ether oxygens (including phenoxy) is 2. The molecule has 8 bridgehead atoms. The Morgan fingerprint density at radius 2 is 1.90 bits per heavy atom. The third kappa shape index (κ3) is 7.55. The lowest BCUT2D eigenvalue weighted by molar-refractivity contribution is -0.171. The molecule has 2 amide bonds. The van der Waals surface area contributed by atoms with Crippen LogP contribution < -0.4 is 15.6 Å². The third-order valence-corrected chi connectivity index (χ3v) is 14.4. The smallest absolute Gasteiger partial charge is 0.325 e. The Morgan fingerprint density at radius 3 is 2.61 bits per heavy atom. The van der Waals surface area contributed by atoms with Crippen molar-refractivity contribution < 1.29 is 23.9 Å². The molecule has 314 valence electrons. The normalized spacial score (nSPS) is 27.5. The number of carbonyl (C=O) groups excluding carboxylic acids is 3. The van der Waals surface area contributed by atoms with Crippen molar-refractivity contribution in [1.29, 1.82) is 0 Å². The van der Waals surface area contributed by atoms with Crippen LogP contribution in [0, 0.1) is 23.2 Å². The highest BCUT2D eigenvalue weighted by molar-refractivity contribution is 7.10. The molecule has 4 aliphatic heterocycles. The standard InChI is InChI=1S/C45H58N8O5S/c1-8-52-37-10-9-27-18-32(37)34(41(52)33-19-30(22-46-39(33)26(3)57-7)51-13-11-50(6)12-14-51)21-45(4,5)24-58-44(56)40-28-16-29(17-28)53(49-40)43(55)35(20-38-47-36(27)23-59-38)48-42(54)31-15-25(31)2/h9-10,18-19,22-23,25-26,28-29,31,35,40,49H,8,11-17,20-21,24H2,1-7H3,(H,48,54)/t25-,26-,28?,29?,31?,35-,40-/m0/s1. The van der Waals surface area contributed by atoms with E-state index in [-0.39, 0.29) is 54.8 Å². The summed E-state index contributed by atoms with van der Waals surface area (Å²) in [5, 5.41) is 8.63. The second-order valence-corrected chi connectivity index (χ2v) is 19.4. The monoisotopic (exact) mass is 822 g/mol. The van der Waals surface area contributed by atoms with Gasteiger partial charge in [-0.1, -0.05) is 26.8 Å². The molecule has 2 aliphatic carbocycles. The highest BCUT2D eigenvalue weighted by Gasteiger charge is 2.51. The molecule has 1 aromatic carbocycles. The summed E-state index contributed by atoms with van der Waals surface area (Å²) in [6.45, 7) is 15.4. The molecule has 0 radical (unpaired) electrons. The summed E-state index contributed by atoms with van der Waals surface area (Å²) in [4.78, 5) is 56.7. The summed E-state index contributed by atoms with van der Waals surface area (Å²) >= 11 is 1.50. The number of hydrazine groups is 1. The van der Waals surface area contributed by atoms with Crippen LogP contribution in [0.3, 0.4) is 0 Å². The molecule has 6 aliphatic rings. The molecule has 3 saturated heterocycles. The zero-order valence-corrected chi connectivity index (χ0v) is 36.2. The first-order chi connectivity index (χ1) is 28.3. The zero-order chi connectivity index (χ0) is 41.3. The van der Waals surface area contributed by atoms with Crippen molar-refractivity contribution in [2.24, 2.45) is 23.2 Å². The summed E-state index contributed by atoms with van der Waals surface area (Å²) in [7, 11) is 3.90. The van der Waals surface area contributed by atoms with Gasteiger partial charge in [0, 0.05) is 91.0 Å². The predicted molar refractivity (Wildman–Crippen MR) is 229 cm³/mol. The Morgan fingerprint density at radius 1 is 1.14 bits per heavy atom. The summed E-state index contributed by atoms with van der Waals surface area (Å²) in [6.07, 6.45) is 4.88. The first-order valence-corrected chi connectivity index (χ1v) is 22.3. The molecule has 4 aromatic rings. The molecule has 14 heteroatoms. The number of thiazole rings is 1. The molecule has 1 unspecified atom stereocenters. The maximum atomic E-state index is 14.4. The minimum absolute atomic E-state index is 0.0363. The SMILES string of the molecule is CCn1c(-c2cc(N3CCN(C)CC3)cnc2[C@H](C)OC)c2c3cc(ccc31)-c1csc(n1)C[C@H](NC(=O)C1C[C@@H]1C)C(=O)N1N[C@H](C(=O)OCC(C)(C)C2)C2CC1C2. The first kappa shape index (κ1) is 40.1. The van der Waals surface area contributed by atoms with Crippen LogP contribution in [0.2, 0.25) is 0 Å². The second-order valence-electron chi connectivity index (χ2n) is 18.5. The lowest BCUT2D eigenvalue weighted by atomic mass is 9.73. The highest BCUT2D eigenvalue weighted by Crippen LogP contribution is 2.44. The molecule has 2 saturated carbocycles. The van der Waals surface area contributed by atoms with Crippen molar-refractivity contribution in [3.05, 3.63) is 52.1 Å². The number of methoxy groups -OCH3 is 1. The molecule has 59 heavy (non-hydrogen) atoms. The number of anilines is 1. The van der Waals surface area contributed by atoms with E-state index in [1.54, 1.807) is 12.1 Å².